The summed E-state index contributed by atoms with van der Waals surface area (Å²) < 4.78 is 0. The molecule has 0 saturated heterocycles. The van der Waals surface area contributed by atoms with Gasteiger partial charge in [-0.05, 0) is 6.92 Å². The summed E-state index contributed by atoms with van der Waals surface area (Å²) in [5.74, 6) is -0.937. The maximum Gasteiger partial charge on any atom is 0.328 e. The molecule has 0 aliphatic carbocycles. The minimum absolute atomic E-state index is 0.312. The number of hydrogen-bond acceptors (Lipinski definition) is 2. The number of hydrogen-bond donors (Lipinski definition) is 2. The van der Waals surface area contributed by atoms with Gasteiger partial charge in [0.1, 0.15) is 0 Å². The maximum absolute atomic E-state index is 9.84. The zero-order chi connectivity index (χ0) is 6.57. The van der Waals surface area contributed by atoms with E-state index in [2.05, 4.69) is 0 Å². The maximum atomic E-state index is 9.84. The minimum Gasteiger partial charge on any atom is -0.478 e. The van der Waals surface area contributed by atoms with Crippen LogP contribution in [0.3, 0.4) is 0 Å². The second-order valence-electron chi connectivity index (χ2n) is 1.53. The summed E-state index contributed by atoms with van der Waals surface area (Å²) in [7, 11) is 0. The van der Waals surface area contributed by atoms with Crippen LogP contribution in [0, 0.1) is 0 Å². The van der Waals surface area contributed by atoms with Crippen LogP contribution >= 0.6 is 0 Å². The highest BCUT2D eigenvalue weighted by Gasteiger charge is 1.88. The second-order valence-corrected chi connectivity index (χ2v) is 1.53. The van der Waals surface area contributed by atoms with E-state index in [-0.39, 0.29) is 0 Å². The van der Waals surface area contributed by atoms with E-state index in [4.69, 9.17) is 10.8 Å². The third kappa shape index (κ3) is 3.36. The highest BCUT2D eigenvalue weighted by molar-refractivity contribution is 5.80. The van der Waals surface area contributed by atoms with Gasteiger partial charge in [0.15, 0.2) is 0 Å². The average molecular weight is 115 g/mol. The van der Waals surface area contributed by atoms with Crippen LogP contribution in [0.2, 0.25) is 0 Å². The molecular formula is C5H9NO2. The minimum atomic E-state index is -0.937. The Balaban J connectivity index is 3.75. The molecule has 8 heavy (non-hydrogen) atoms. The van der Waals surface area contributed by atoms with Gasteiger partial charge in [-0.25, -0.2) is 4.79 Å². The largest absolute Gasteiger partial charge is 0.478 e. The van der Waals surface area contributed by atoms with E-state index in [1.54, 1.807) is 6.92 Å². The molecule has 0 spiro atoms. The fraction of sp³-hybridized carbons (Fsp3) is 0.400. The molecule has 0 aromatic heterocycles. The Bertz CT molecular complexity index is 118. The van der Waals surface area contributed by atoms with E-state index in [1.807, 2.05) is 0 Å². The SMILES string of the molecule is CC(=CC(=O)O)CN. The van der Waals surface area contributed by atoms with Gasteiger partial charge in [0.25, 0.3) is 0 Å². The smallest absolute Gasteiger partial charge is 0.328 e. The molecule has 0 amide bonds. The molecule has 3 heteroatoms. The molecule has 3 nitrogen and oxygen atoms in total. The molecule has 0 fully saturated rings. The van der Waals surface area contributed by atoms with Gasteiger partial charge in [-0.2, -0.15) is 0 Å². The number of nitrogens with two attached hydrogens (primary N) is 1. The Morgan fingerprint density at radius 2 is 2.38 bits per heavy atom. The molecule has 0 aromatic carbocycles. The van der Waals surface area contributed by atoms with Gasteiger partial charge in [0.2, 0.25) is 0 Å². The summed E-state index contributed by atoms with van der Waals surface area (Å²) in [6, 6.07) is 0. The molecule has 0 atom stereocenters. The first-order valence-corrected chi connectivity index (χ1v) is 2.27. The van der Waals surface area contributed by atoms with E-state index < -0.39 is 5.97 Å². The van der Waals surface area contributed by atoms with Gasteiger partial charge in [-0.1, -0.05) is 5.57 Å². The lowest BCUT2D eigenvalue weighted by Gasteiger charge is -1.88. The topological polar surface area (TPSA) is 63.3 Å². The predicted octanol–water partition coefficient (Wildman–Crippen LogP) is -0.0240. The van der Waals surface area contributed by atoms with Crippen molar-refractivity contribution < 1.29 is 9.90 Å². The van der Waals surface area contributed by atoms with Gasteiger partial charge < -0.3 is 10.8 Å². The molecule has 0 rings (SSSR count). The molecule has 46 valence electrons. The quantitative estimate of drug-likeness (QED) is 0.497. The summed E-state index contributed by atoms with van der Waals surface area (Å²) in [5, 5.41) is 8.08. The van der Waals surface area contributed by atoms with Crippen molar-refractivity contribution >= 4 is 5.97 Å². The van der Waals surface area contributed by atoms with Gasteiger partial charge in [-0.3, -0.25) is 0 Å². The van der Waals surface area contributed by atoms with Crippen LogP contribution in [-0.2, 0) is 4.79 Å². The van der Waals surface area contributed by atoms with E-state index >= 15 is 0 Å². The second kappa shape index (κ2) is 3.21. The monoisotopic (exact) mass is 115 g/mol. The molecule has 0 aliphatic rings. The first-order valence-electron chi connectivity index (χ1n) is 2.27. The predicted molar refractivity (Wildman–Crippen MR) is 30.4 cm³/mol. The van der Waals surface area contributed by atoms with E-state index in [0.717, 1.165) is 6.08 Å². The Kier molecular flexibility index (Phi) is 2.88. The zero-order valence-electron chi connectivity index (χ0n) is 4.72. The van der Waals surface area contributed by atoms with E-state index in [0.29, 0.717) is 12.1 Å². The molecule has 0 bridgehead atoms. The molecule has 3 N–H and O–H groups in total. The van der Waals surface area contributed by atoms with Crippen molar-refractivity contribution in [2.24, 2.45) is 5.73 Å². The fourth-order valence-electron chi connectivity index (χ4n) is 0.270. The summed E-state index contributed by atoms with van der Waals surface area (Å²) >= 11 is 0. The summed E-state index contributed by atoms with van der Waals surface area (Å²) in [5.41, 5.74) is 5.77. The van der Waals surface area contributed by atoms with Crippen LogP contribution in [0.1, 0.15) is 6.92 Å². The first-order chi connectivity index (χ1) is 3.66. The van der Waals surface area contributed by atoms with Crippen molar-refractivity contribution in [1.82, 2.24) is 0 Å². The molecule has 0 aromatic rings. The first kappa shape index (κ1) is 7.17. The Morgan fingerprint density at radius 1 is 1.88 bits per heavy atom. The summed E-state index contributed by atoms with van der Waals surface area (Å²) in [6.45, 7) is 1.99. The summed E-state index contributed by atoms with van der Waals surface area (Å²) in [6.07, 6.45) is 1.10. The third-order valence-corrected chi connectivity index (χ3v) is 0.692. The van der Waals surface area contributed by atoms with E-state index in [1.165, 1.54) is 0 Å². The number of carbonyl (C=O) groups is 1. The Labute approximate surface area is 47.8 Å². The molecule has 0 unspecified atom stereocenters. The van der Waals surface area contributed by atoms with Gasteiger partial charge in [0.05, 0.1) is 0 Å². The lowest BCUT2D eigenvalue weighted by molar-refractivity contribution is -0.131. The lowest BCUT2D eigenvalue weighted by atomic mass is 10.3. The van der Waals surface area contributed by atoms with Gasteiger partial charge in [0, 0.05) is 12.6 Å². The lowest BCUT2D eigenvalue weighted by Crippen LogP contribution is -2.02. The van der Waals surface area contributed by atoms with Gasteiger partial charge >= 0.3 is 5.97 Å². The van der Waals surface area contributed by atoms with Crippen LogP contribution < -0.4 is 5.73 Å². The number of rotatable bonds is 2. The van der Waals surface area contributed by atoms with Crippen LogP contribution in [0.5, 0.6) is 0 Å². The number of carboxylic acids is 1. The average Bonchev–Trinajstić information content (AvgIpc) is 1.65. The standard InChI is InChI=1S/C5H9NO2/c1-4(3-6)2-5(7)8/h2H,3,6H2,1H3,(H,7,8). The molecule has 0 heterocycles. The van der Waals surface area contributed by atoms with Crippen molar-refractivity contribution in [3.63, 3.8) is 0 Å². The Hall–Kier alpha value is -0.830. The van der Waals surface area contributed by atoms with Crippen molar-refractivity contribution in [2.75, 3.05) is 6.54 Å². The van der Waals surface area contributed by atoms with Crippen molar-refractivity contribution in [3.8, 4) is 0 Å². The highest BCUT2D eigenvalue weighted by atomic mass is 16.4. The van der Waals surface area contributed by atoms with Crippen LogP contribution in [0.4, 0.5) is 0 Å². The van der Waals surface area contributed by atoms with E-state index in [9.17, 15) is 4.79 Å². The van der Waals surface area contributed by atoms with Crippen molar-refractivity contribution in [1.29, 1.82) is 0 Å². The zero-order valence-corrected chi connectivity index (χ0v) is 4.72. The fourth-order valence-corrected chi connectivity index (χ4v) is 0.270. The van der Waals surface area contributed by atoms with Crippen LogP contribution in [-0.4, -0.2) is 17.6 Å². The number of carboxylic acid groups (broad SMARTS) is 1. The normalized spacial score (nSPS) is 11.5. The molecule has 0 radical (unpaired) electrons. The molecule has 0 saturated carbocycles. The highest BCUT2D eigenvalue weighted by Crippen LogP contribution is 1.85. The third-order valence-electron chi connectivity index (χ3n) is 0.692. The molecular weight excluding hydrogens is 106 g/mol. The van der Waals surface area contributed by atoms with Crippen LogP contribution in [0.25, 0.3) is 0 Å². The summed E-state index contributed by atoms with van der Waals surface area (Å²) in [4.78, 5) is 9.84. The van der Waals surface area contributed by atoms with Gasteiger partial charge in [-0.15, -0.1) is 0 Å². The van der Waals surface area contributed by atoms with Crippen LogP contribution in [0.15, 0.2) is 11.6 Å². The van der Waals surface area contributed by atoms with Crippen molar-refractivity contribution in [3.05, 3.63) is 11.6 Å². The van der Waals surface area contributed by atoms with Crippen molar-refractivity contribution in [2.45, 2.75) is 6.92 Å². The number of aliphatic carboxylic acids is 1. The Morgan fingerprint density at radius 3 is 2.50 bits per heavy atom. The molecule has 0 aliphatic heterocycles.